The fraction of sp³-hybridized carbons (Fsp3) is 0.118. The normalized spacial score (nSPS) is 10.7. The second kappa shape index (κ2) is 5.84. The van der Waals surface area contributed by atoms with Crippen molar-refractivity contribution in [2.75, 3.05) is 0 Å². The first kappa shape index (κ1) is 14.9. The van der Waals surface area contributed by atoms with Gasteiger partial charge in [-0.15, -0.1) is 0 Å². The highest BCUT2D eigenvalue weighted by Gasteiger charge is 2.29. The van der Waals surface area contributed by atoms with Crippen molar-refractivity contribution >= 4 is 5.78 Å². The number of carbonyl (C=O) groups is 1. The maximum absolute atomic E-state index is 12.4. The molecule has 0 aliphatic carbocycles. The molecule has 0 atom stereocenters. The molecule has 0 bridgehead atoms. The number of carbonyl (C=O) groups excluding carboxylic acids is 1. The van der Waals surface area contributed by atoms with Crippen molar-refractivity contribution in [2.24, 2.45) is 0 Å². The Morgan fingerprint density at radius 1 is 1.00 bits per heavy atom. The maximum atomic E-state index is 12.4. The smallest absolute Gasteiger partial charge is 0.279 e. The lowest BCUT2D eigenvalue weighted by molar-refractivity contribution is -0.137. The summed E-state index contributed by atoms with van der Waals surface area (Å²) in [4.78, 5) is 11.9. The van der Waals surface area contributed by atoms with Gasteiger partial charge in [0.1, 0.15) is 0 Å². The van der Waals surface area contributed by atoms with E-state index in [-0.39, 0.29) is 5.78 Å². The molecule has 2 rings (SSSR count). The van der Waals surface area contributed by atoms with Crippen LogP contribution >= 0.6 is 0 Å². The fourth-order valence-electron chi connectivity index (χ4n) is 1.77. The third-order valence-corrected chi connectivity index (χ3v) is 2.92. The van der Waals surface area contributed by atoms with Gasteiger partial charge in [0.15, 0.2) is 0 Å². The van der Waals surface area contributed by atoms with Crippen molar-refractivity contribution in [3.63, 3.8) is 0 Å². The zero-order valence-corrected chi connectivity index (χ0v) is 11.2. The van der Waals surface area contributed by atoms with Gasteiger partial charge in [-0.25, -0.2) is 0 Å². The highest BCUT2D eigenvalue weighted by Crippen LogP contribution is 2.28. The van der Waals surface area contributed by atoms with Crippen LogP contribution in [0.25, 0.3) is 0 Å². The molecular formula is C17H11F3O. The van der Waals surface area contributed by atoms with Crippen LogP contribution in [0.2, 0.25) is 0 Å². The molecule has 1 nitrogen and oxygen atoms in total. The molecule has 106 valence electrons. The van der Waals surface area contributed by atoms with Crippen LogP contribution in [0.15, 0.2) is 48.5 Å². The van der Waals surface area contributed by atoms with E-state index in [9.17, 15) is 18.0 Å². The molecule has 0 spiro atoms. The Morgan fingerprint density at radius 2 is 1.62 bits per heavy atom. The molecule has 0 heterocycles. The highest BCUT2D eigenvalue weighted by molar-refractivity contribution is 6.10. The molecule has 0 unspecified atom stereocenters. The van der Waals surface area contributed by atoms with E-state index in [0.29, 0.717) is 11.1 Å². The quantitative estimate of drug-likeness (QED) is 0.566. The Bertz CT molecular complexity index is 716. The first-order valence-corrected chi connectivity index (χ1v) is 6.17. The van der Waals surface area contributed by atoms with Crippen molar-refractivity contribution in [1.82, 2.24) is 0 Å². The molecule has 0 aliphatic rings. The highest BCUT2D eigenvalue weighted by atomic mass is 19.4. The number of benzene rings is 2. The Kier molecular flexibility index (Phi) is 4.13. The van der Waals surface area contributed by atoms with Gasteiger partial charge in [-0.3, -0.25) is 4.79 Å². The minimum atomic E-state index is -4.37. The standard InChI is InChI=1S/C17H11F3O/c1-12-4-2-3-5-15(12)16(21)11-8-13-6-9-14(10-7-13)17(18,19)20/h2-7,9-10H,1H3. The van der Waals surface area contributed by atoms with Gasteiger partial charge >= 0.3 is 6.18 Å². The van der Waals surface area contributed by atoms with E-state index in [1.54, 1.807) is 25.1 Å². The van der Waals surface area contributed by atoms with Crippen LogP contribution in [0.3, 0.4) is 0 Å². The molecule has 2 aromatic rings. The number of hydrogen-bond acceptors (Lipinski definition) is 1. The molecule has 0 saturated heterocycles. The van der Waals surface area contributed by atoms with Crippen molar-refractivity contribution in [1.29, 1.82) is 0 Å². The Morgan fingerprint density at radius 3 is 2.19 bits per heavy atom. The second-order valence-corrected chi connectivity index (χ2v) is 4.47. The van der Waals surface area contributed by atoms with E-state index in [4.69, 9.17) is 0 Å². The van der Waals surface area contributed by atoms with Gasteiger partial charge in [-0.2, -0.15) is 13.2 Å². The van der Waals surface area contributed by atoms with E-state index >= 15 is 0 Å². The average Bonchev–Trinajstić information content (AvgIpc) is 2.45. The first-order chi connectivity index (χ1) is 9.88. The SMILES string of the molecule is Cc1ccccc1C(=O)C#Cc1ccc(C(F)(F)F)cc1. The summed E-state index contributed by atoms with van der Waals surface area (Å²) in [6.45, 7) is 1.80. The number of ketones is 1. The largest absolute Gasteiger partial charge is 0.416 e. The van der Waals surface area contributed by atoms with Crippen molar-refractivity contribution in [3.8, 4) is 11.8 Å². The summed E-state index contributed by atoms with van der Waals surface area (Å²) in [5, 5.41) is 0. The summed E-state index contributed by atoms with van der Waals surface area (Å²) in [7, 11) is 0. The monoisotopic (exact) mass is 288 g/mol. The summed E-state index contributed by atoms with van der Waals surface area (Å²) in [6.07, 6.45) is -4.37. The third-order valence-electron chi connectivity index (χ3n) is 2.92. The minimum absolute atomic E-state index is 0.354. The predicted octanol–water partition coefficient (Wildman–Crippen LogP) is 4.25. The van der Waals surface area contributed by atoms with E-state index in [2.05, 4.69) is 11.8 Å². The lowest BCUT2D eigenvalue weighted by Crippen LogP contribution is -2.04. The van der Waals surface area contributed by atoms with Gasteiger partial charge < -0.3 is 0 Å². The molecule has 2 aromatic carbocycles. The molecule has 0 aliphatic heterocycles. The number of alkyl halides is 3. The van der Waals surface area contributed by atoms with Crippen LogP contribution in [0, 0.1) is 18.8 Å². The Hall–Kier alpha value is -2.54. The summed E-state index contributed by atoms with van der Waals surface area (Å²) in [6, 6.07) is 11.4. The fourth-order valence-corrected chi connectivity index (χ4v) is 1.77. The van der Waals surface area contributed by atoms with Gasteiger partial charge in [0.05, 0.1) is 5.56 Å². The summed E-state index contributed by atoms with van der Waals surface area (Å²) >= 11 is 0. The van der Waals surface area contributed by atoms with Crippen LogP contribution < -0.4 is 0 Å². The van der Waals surface area contributed by atoms with E-state index in [1.165, 1.54) is 12.1 Å². The molecule has 0 amide bonds. The molecule has 0 fully saturated rings. The van der Waals surface area contributed by atoms with Crippen molar-refractivity contribution < 1.29 is 18.0 Å². The molecule has 0 N–H and O–H groups in total. The second-order valence-electron chi connectivity index (χ2n) is 4.47. The Balaban J connectivity index is 2.20. The van der Waals surface area contributed by atoms with Crippen molar-refractivity contribution in [3.05, 3.63) is 70.8 Å². The molecule has 21 heavy (non-hydrogen) atoms. The molecule has 0 saturated carbocycles. The zero-order chi connectivity index (χ0) is 15.5. The minimum Gasteiger partial charge on any atom is -0.279 e. The number of aryl methyl sites for hydroxylation is 1. The topological polar surface area (TPSA) is 17.1 Å². The summed E-state index contributed by atoms with van der Waals surface area (Å²) in [5.74, 6) is 4.67. The van der Waals surface area contributed by atoms with Crippen LogP contribution in [0.5, 0.6) is 0 Å². The lowest BCUT2D eigenvalue weighted by Gasteiger charge is -2.05. The maximum Gasteiger partial charge on any atom is 0.416 e. The van der Waals surface area contributed by atoms with Gasteiger partial charge in [-0.1, -0.05) is 30.2 Å². The van der Waals surface area contributed by atoms with E-state index in [0.717, 1.165) is 17.7 Å². The van der Waals surface area contributed by atoms with Gasteiger partial charge in [0.2, 0.25) is 5.78 Å². The average molecular weight is 288 g/mol. The van der Waals surface area contributed by atoms with E-state index in [1.807, 2.05) is 6.07 Å². The van der Waals surface area contributed by atoms with Gasteiger partial charge in [0.25, 0.3) is 0 Å². The lowest BCUT2D eigenvalue weighted by atomic mass is 10.0. The van der Waals surface area contributed by atoms with Crippen LogP contribution in [-0.4, -0.2) is 5.78 Å². The number of hydrogen-bond donors (Lipinski definition) is 0. The van der Waals surface area contributed by atoms with Gasteiger partial charge in [0, 0.05) is 11.1 Å². The first-order valence-electron chi connectivity index (χ1n) is 6.17. The van der Waals surface area contributed by atoms with Gasteiger partial charge in [-0.05, 0) is 42.7 Å². The summed E-state index contributed by atoms with van der Waals surface area (Å²) in [5.41, 5.74) is 0.935. The number of halogens is 3. The molecule has 0 aromatic heterocycles. The van der Waals surface area contributed by atoms with Crippen LogP contribution in [0.4, 0.5) is 13.2 Å². The third kappa shape index (κ3) is 3.73. The molecule has 0 radical (unpaired) electrons. The number of Topliss-reactive ketones (excluding diaryl/α,β-unsaturated/α-hetero) is 1. The zero-order valence-electron chi connectivity index (χ0n) is 11.2. The van der Waals surface area contributed by atoms with Crippen molar-refractivity contribution in [2.45, 2.75) is 13.1 Å². The Labute approximate surface area is 120 Å². The van der Waals surface area contributed by atoms with Crippen LogP contribution in [-0.2, 0) is 6.18 Å². The number of rotatable bonds is 1. The summed E-state index contributed by atoms with van der Waals surface area (Å²) < 4.78 is 37.2. The predicted molar refractivity (Wildman–Crippen MR) is 73.8 cm³/mol. The molecular weight excluding hydrogens is 277 g/mol. The molecule has 4 heteroatoms. The van der Waals surface area contributed by atoms with Crippen LogP contribution in [0.1, 0.15) is 27.0 Å². The van der Waals surface area contributed by atoms with E-state index < -0.39 is 11.7 Å².